The van der Waals surface area contributed by atoms with Crippen LogP contribution in [0.3, 0.4) is 0 Å². The molecule has 0 radical (unpaired) electrons. The maximum atomic E-state index is 12.8. The molecule has 0 bridgehead atoms. The second kappa shape index (κ2) is 6.31. The summed E-state index contributed by atoms with van der Waals surface area (Å²) in [5.41, 5.74) is 0. The molecule has 1 atom stereocenters. The van der Waals surface area contributed by atoms with E-state index in [2.05, 4.69) is 9.61 Å². The third-order valence-corrected chi connectivity index (χ3v) is 3.48. The summed E-state index contributed by atoms with van der Waals surface area (Å²) in [6.07, 6.45) is -2.51. The fourth-order valence-electron chi connectivity index (χ4n) is 0.819. The average molecular weight is 269 g/mol. The number of rotatable bonds is 5. The Bertz CT molecular complexity index is 474. The van der Waals surface area contributed by atoms with Crippen LogP contribution in [-0.4, -0.2) is 42.5 Å². The first-order valence-electron chi connectivity index (χ1n) is 7.70. The second-order valence-corrected chi connectivity index (χ2v) is 4.83. The molecule has 1 saturated heterocycles. The molecule has 1 unspecified atom stereocenters. The summed E-state index contributed by atoms with van der Waals surface area (Å²) in [6, 6.07) is 0. The van der Waals surface area contributed by atoms with Crippen LogP contribution in [-0.2, 0) is 9.09 Å². The maximum Gasteiger partial charge on any atom is 0.343 e. The van der Waals surface area contributed by atoms with Crippen molar-refractivity contribution in [2.24, 2.45) is 0 Å². The van der Waals surface area contributed by atoms with E-state index in [1.807, 2.05) is 0 Å². The first-order valence-corrected chi connectivity index (χ1v) is 6.19. The quantitative estimate of drug-likeness (QED) is 0.611. The topological polar surface area (TPSA) is 41.6 Å². The van der Waals surface area contributed by atoms with Crippen LogP contribution in [0.4, 0.5) is 0 Å². The molecule has 0 amide bonds. The fourth-order valence-corrected chi connectivity index (χ4v) is 2.61. The van der Waals surface area contributed by atoms with E-state index >= 15 is 0 Å². The van der Waals surface area contributed by atoms with E-state index < -0.39 is 46.0 Å². The van der Waals surface area contributed by atoms with E-state index in [0.717, 1.165) is 0 Å². The Morgan fingerprint density at radius 3 is 3.07 bits per heavy atom. The van der Waals surface area contributed by atoms with Crippen molar-refractivity contribution >= 4 is 30.9 Å². The lowest BCUT2D eigenvalue weighted by Gasteiger charge is -2.33. The Labute approximate surface area is 106 Å². The first kappa shape index (κ1) is 5.35. The summed E-state index contributed by atoms with van der Waals surface area (Å²) in [7, 11) is -4.48. The summed E-state index contributed by atoms with van der Waals surface area (Å²) in [4.78, 5) is 0. The van der Waals surface area contributed by atoms with Crippen molar-refractivity contribution in [2.45, 2.75) is 6.37 Å². The zero-order valence-corrected chi connectivity index (χ0v) is 9.49. The molecule has 0 saturated carbocycles. The SMILES string of the molecule is [2H]C([2H])(Cl)C([2H])([2H])N(CCCl)P1(=O)NCC([2H])([2H])C([2H])([2H])O1. The number of halogens is 2. The van der Waals surface area contributed by atoms with E-state index in [9.17, 15) is 4.57 Å². The van der Waals surface area contributed by atoms with Crippen LogP contribution in [0.5, 0.6) is 0 Å². The van der Waals surface area contributed by atoms with Crippen LogP contribution < -0.4 is 5.09 Å². The molecule has 0 aliphatic carbocycles. The highest BCUT2D eigenvalue weighted by Crippen LogP contribution is 2.47. The van der Waals surface area contributed by atoms with E-state index in [4.69, 9.17) is 34.2 Å². The molecular formula is C7H15Cl2N2O2P. The number of alkyl halides is 2. The number of hydrogen-bond donors (Lipinski definition) is 1. The molecular weight excluding hydrogens is 246 g/mol. The summed E-state index contributed by atoms with van der Waals surface area (Å²) in [6.45, 7) is -7.19. The second-order valence-electron chi connectivity index (χ2n) is 2.24. The van der Waals surface area contributed by atoms with Crippen molar-refractivity contribution in [3.63, 3.8) is 0 Å². The van der Waals surface area contributed by atoms with Gasteiger partial charge in [-0.2, -0.15) is 0 Å². The Hall–Kier alpha value is 0.690. The molecule has 4 nitrogen and oxygen atoms in total. The molecule has 14 heavy (non-hydrogen) atoms. The largest absolute Gasteiger partial charge is 0.343 e. The van der Waals surface area contributed by atoms with Gasteiger partial charge in [0.15, 0.2) is 0 Å². The minimum absolute atomic E-state index is 0.266. The van der Waals surface area contributed by atoms with Gasteiger partial charge in [-0.25, -0.2) is 9.76 Å². The van der Waals surface area contributed by atoms with Gasteiger partial charge in [-0.05, 0) is 6.37 Å². The number of nitrogens with zero attached hydrogens (tertiary/aromatic N) is 1. The molecule has 0 aromatic carbocycles. The van der Waals surface area contributed by atoms with Crippen molar-refractivity contribution in [1.82, 2.24) is 9.76 Å². The van der Waals surface area contributed by atoms with Gasteiger partial charge >= 0.3 is 7.67 Å². The number of hydrogen-bond acceptors (Lipinski definition) is 2. The highest BCUT2D eigenvalue weighted by molar-refractivity contribution is 7.54. The van der Waals surface area contributed by atoms with Crippen LogP contribution in [0.2, 0.25) is 0 Å². The van der Waals surface area contributed by atoms with Gasteiger partial charge in [-0.15, -0.1) is 23.2 Å². The van der Waals surface area contributed by atoms with Crippen LogP contribution in [0.1, 0.15) is 17.3 Å². The summed E-state index contributed by atoms with van der Waals surface area (Å²) in [5, 5.41) is 2.12. The Kier molecular flexibility index (Phi) is 2.41. The van der Waals surface area contributed by atoms with E-state index in [1.54, 1.807) is 0 Å². The molecule has 0 aromatic heterocycles. The van der Waals surface area contributed by atoms with Crippen LogP contribution in [0.25, 0.3) is 0 Å². The van der Waals surface area contributed by atoms with Gasteiger partial charge in [-0.3, -0.25) is 4.57 Å². The van der Waals surface area contributed by atoms with Crippen molar-refractivity contribution in [1.29, 1.82) is 0 Å². The third-order valence-electron chi connectivity index (χ3n) is 1.39. The van der Waals surface area contributed by atoms with Gasteiger partial charge in [0, 0.05) is 39.5 Å². The highest BCUT2D eigenvalue weighted by Gasteiger charge is 2.32. The molecule has 7 heteroatoms. The maximum absolute atomic E-state index is 12.8. The zero-order valence-electron chi connectivity index (χ0n) is 15.1. The molecule has 84 valence electrons. The van der Waals surface area contributed by atoms with Gasteiger partial charge in [0.25, 0.3) is 0 Å². The Balaban J connectivity index is 3.25. The minimum atomic E-state index is -4.48. The van der Waals surface area contributed by atoms with Crippen molar-refractivity contribution < 1.29 is 20.1 Å². The monoisotopic (exact) mass is 268 g/mol. The van der Waals surface area contributed by atoms with Gasteiger partial charge < -0.3 is 4.52 Å². The summed E-state index contributed by atoms with van der Waals surface area (Å²) in [5.74, 6) is -3.25. The van der Waals surface area contributed by atoms with E-state index in [0.29, 0.717) is 4.67 Å². The molecule has 1 N–H and O–H groups in total. The molecule has 1 heterocycles. The predicted molar refractivity (Wildman–Crippen MR) is 59.2 cm³/mol. The molecule has 0 aromatic rings. The molecule has 1 rings (SSSR count). The van der Waals surface area contributed by atoms with Crippen LogP contribution >= 0.6 is 30.9 Å². The Morgan fingerprint density at radius 2 is 2.50 bits per heavy atom. The molecule has 1 aliphatic heterocycles. The van der Waals surface area contributed by atoms with Crippen molar-refractivity contribution in [3.8, 4) is 0 Å². The lowest BCUT2D eigenvalue weighted by atomic mass is 10.5. The van der Waals surface area contributed by atoms with E-state index in [-0.39, 0.29) is 5.88 Å². The lowest BCUT2D eigenvalue weighted by molar-refractivity contribution is 0.233. The van der Waals surface area contributed by atoms with Crippen LogP contribution in [0.15, 0.2) is 0 Å². The normalized spacial score (nSPS) is 45.9. The zero-order chi connectivity index (χ0) is 17.6. The fraction of sp³-hybridized carbons (Fsp3) is 1.00. The predicted octanol–water partition coefficient (Wildman–Crippen LogP) is 1.88. The smallest absolute Gasteiger partial charge is 0.306 e. The number of nitrogens with one attached hydrogen (secondary N) is 1. The average Bonchev–Trinajstić information content (AvgIpc) is 2.29. The molecule has 1 aliphatic rings. The van der Waals surface area contributed by atoms with Gasteiger partial charge in [0.2, 0.25) is 0 Å². The van der Waals surface area contributed by atoms with Gasteiger partial charge in [-0.1, -0.05) is 0 Å². The highest BCUT2D eigenvalue weighted by atomic mass is 35.5. The first-order chi connectivity index (χ1) is 9.61. The van der Waals surface area contributed by atoms with Gasteiger partial charge in [0.05, 0.1) is 9.30 Å². The molecule has 1 fully saturated rings. The third kappa shape index (κ3) is 3.37. The summed E-state index contributed by atoms with van der Waals surface area (Å²) < 4.78 is 78.0. The van der Waals surface area contributed by atoms with Crippen molar-refractivity contribution in [2.75, 3.05) is 37.9 Å². The lowest BCUT2D eigenvalue weighted by Crippen LogP contribution is -2.35. The van der Waals surface area contributed by atoms with Crippen molar-refractivity contribution in [3.05, 3.63) is 0 Å². The minimum Gasteiger partial charge on any atom is -0.306 e. The van der Waals surface area contributed by atoms with Crippen LogP contribution in [0, 0.1) is 0 Å². The summed E-state index contributed by atoms with van der Waals surface area (Å²) >= 11 is 10.9. The van der Waals surface area contributed by atoms with E-state index in [1.165, 1.54) is 0 Å². The Morgan fingerprint density at radius 1 is 1.71 bits per heavy atom. The van der Waals surface area contributed by atoms with Gasteiger partial charge in [0.1, 0.15) is 0 Å². The molecule has 0 spiro atoms. The standard InChI is InChI=1S/C7H15Cl2N2O2P/c8-2-5-11(6-3-9)14(12)10-4-1-7-13-14/h1-7H2,(H,10,12)/i1D2,2D2,5D2,7D2.